The van der Waals surface area contributed by atoms with Gasteiger partial charge in [-0.1, -0.05) is 60.1 Å². The summed E-state index contributed by atoms with van der Waals surface area (Å²) < 4.78 is 0. The predicted molar refractivity (Wildman–Crippen MR) is 108 cm³/mol. The number of nitrogens with zero attached hydrogens (tertiary/aromatic N) is 1. The molecule has 1 saturated heterocycles. The Morgan fingerprint density at radius 1 is 1.00 bits per heavy atom. The number of carbonyl (C=O) groups excluding carboxylic acids is 2. The van der Waals surface area contributed by atoms with E-state index in [1.807, 2.05) is 53.4 Å². The monoisotopic (exact) mass is 384 g/mol. The highest BCUT2D eigenvalue weighted by Gasteiger charge is 2.24. The summed E-state index contributed by atoms with van der Waals surface area (Å²) >= 11 is 6.14. The zero-order valence-electron chi connectivity index (χ0n) is 15.4. The fourth-order valence-electron chi connectivity index (χ4n) is 3.39. The summed E-state index contributed by atoms with van der Waals surface area (Å²) in [7, 11) is 0. The summed E-state index contributed by atoms with van der Waals surface area (Å²) in [6.45, 7) is 1.35. The van der Waals surface area contributed by atoms with Crippen LogP contribution in [0, 0.1) is 0 Å². The van der Waals surface area contributed by atoms with Crippen LogP contribution in [0.3, 0.4) is 0 Å². The second-order valence-electron chi connectivity index (χ2n) is 6.98. The van der Waals surface area contributed by atoms with Gasteiger partial charge >= 0.3 is 0 Å². The van der Waals surface area contributed by atoms with Crippen molar-refractivity contribution in [2.75, 3.05) is 13.1 Å². The minimum absolute atomic E-state index is 0.0831. The van der Waals surface area contributed by atoms with E-state index in [0.29, 0.717) is 31.0 Å². The molecule has 2 amide bonds. The lowest BCUT2D eigenvalue weighted by molar-refractivity contribution is -0.131. The van der Waals surface area contributed by atoms with Crippen molar-refractivity contribution in [2.45, 2.75) is 38.1 Å². The van der Waals surface area contributed by atoms with Gasteiger partial charge in [-0.3, -0.25) is 9.59 Å². The average molecular weight is 385 g/mol. The van der Waals surface area contributed by atoms with Crippen molar-refractivity contribution < 1.29 is 9.59 Å². The van der Waals surface area contributed by atoms with Crippen LogP contribution in [0.5, 0.6) is 0 Å². The van der Waals surface area contributed by atoms with Crippen molar-refractivity contribution in [1.29, 1.82) is 0 Å². The molecule has 1 N–H and O–H groups in total. The Balaban J connectivity index is 1.40. The van der Waals surface area contributed by atoms with Gasteiger partial charge < -0.3 is 10.2 Å². The molecule has 1 heterocycles. The van der Waals surface area contributed by atoms with Crippen LogP contribution >= 0.6 is 11.6 Å². The first-order chi connectivity index (χ1) is 13.1. The first-order valence-electron chi connectivity index (χ1n) is 9.46. The fourth-order valence-corrected chi connectivity index (χ4v) is 3.59. The number of rotatable bonds is 6. The molecule has 0 unspecified atom stereocenters. The van der Waals surface area contributed by atoms with Crippen LogP contribution in [0.25, 0.3) is 0 Å². The molecular weight excluding hydrogens is 360 g/mol. The number of hydrogen-bond donors (Lipinski definition) is 1. The van der Waals surface area contributed by atoms with Gasteiger partial charge in [0.15, 0.2) is 0 Å². The van der Waals surface area contributed by atoms with Crippen molar-refractivity contribution in [3.8, 4) is 0 Å². The van der Waals surface area contributed by atoms with E-state index in [4.69, 9.17) is 11.6 Å². The molecule has 5 heteroatoms. The highest BCUT2D eigenvalue weighted by molar-refractivity contribution is 6.31. The molecule has 0 bridgehead atoms. The Kier molecular flexibility index (Phi) is 6.88. The molecule has 0 radical (unpaired) electrons. The maximum Gasteiger partial charge on any atom is 0.227 e. The van der Waals surface area contributed by atoms with E-state index in [1.54, 1.807) is 6.07 Å². The maximum atomic E-state index is 12.5. The first-order valence-corrected chi connectivity index (χ1v) is 9.84. The summed E-state index contributed by atoms with van der Waals surface area (Å²) in [4.78, 5) is 26.5. The van der Waals surface area contributed by atoms with Gasteiger partial charge in [-0.05, 0) is 36.5 Å². The quantitative estimate of drug-likeness (QED) is 0.826. The van der Waals surface area contributed by atoms with Gasteiger partial charge in [-0.2, -0.15) is 0 Å². The normalized spacial score (nSPS) is 14.8. The van der Waals surface area contributed by atoms with Gasteiger partial charge in [0.2, 0.25) is 11.8 Å². The SMILES string of the molecule is O=C(CCc1ccccc1)NC1CCN(C(=O)Cc2ccccc2Cl)CC1. The molecule has 0 saturated carbocycles. The predicted octanol–water partition coefficient (Wildman–Crippen LogP) is 3.62. The lowest BCUT2D eigenvalue weighted by Gasteiger charge is -2.32. The molecule has 27 heavy (non-hydrogen) atoms. The molecule has 0 spiro atoms. The summed E-state index contributed by atoms with van der Waals surface area (Å²) in [5.74, 6) is 0.177. The van der Waals surface area contributed by atoms with E-state index in [1.165, 1.54) is 5.56 Å². The minimum Gasteiger partial charge on any atom is -0.353 e. The third kappa shape index (κ3) is 5.83. The summed E-state index contributed by atoms with van der Waals surface area (Å²) in [5.41, 5.74) is 2.04. The first kappa shape index (κ1) is 19.4. The highest BCUT2D eigenvalue weighted by Crippen LogP contribution is 2.18. The zero-order chi connectivity index (χ0) is 19.1. The number of amides is 2. The number of piperidine rings is 1. The lowest BCUT2D eigenvalue weighted by Crippen LogP contribution is -2.47. The van der Waals surface area contributed by atoms with Crippen molar-refractivity contribution >= 4 is 23.4 Å². The number of halogens is 1. The maximum absolute atomic E-state index is 12.5. The van der Waals surface area contributed by atoms with Gasteiger partial charge in [0.05, 0.1) is 6.42 Å². The van der Waals surface area contributed by atoms with Crippen LogP contribution in [-0.4, -0.2) is 35.8 Å². The summed E-state index contributed by atoms with van der Waals surface area (Å²) in [6, 6.07) is 17.6. The Morgan fingerprint density at radius 2 is 1.67 bits per heavy atom. The molecular formula is C22H25ClN2O2. The number of benzene rings is 2. The molecule has 2 aromatic rings. The van der Waals surface area contributed by atoms with Crippen molar-refractivity contribution in [3.63, 3.8) is 0 Å². The second-order valence-corrected chi connectivity index (χ2v) is 7.38. The Labute approximate surface area is 165 Å². The van der Waals surface area contributed by atoms with Crippen LogP contribution in [0.15, 0.2) is 54.6 Å². The average Bonchev–Trinajstić information content (AvgIpc) is 2.69. The van der Waals surface area contributed by atoms with Gasteiger partial charge in [0, 0.05) is 30.6 Å². The van der Waals surface area contributed by atoms with Gasteiger partial charge in [-0.25, -0.2) is 0 Å². The number of carbonyl (C=O) groups is 2. The van der Waals surface area contributed by atoms with Crippen LogP contribution < -0.4 is 5.32 Å². The molecule has 0 aliphatic carbocycles. The number of nitrogens with one attached hydrogen (secondary N) is 1. The molecule has 0 aromatic heterocycles. The molecule has 1 aliphatic rings. The smallest absolute Gasteiger partial charge is 0.227 e. The summed E-state index contributed by atoms with van der Waals surface area (Å²) in [6.07, 6.45) is 3.17. The largest absolute Gasteiger partial charge is 0.353 e. The topological polar surface area (TPSA) is 49.4 Å². The molecule has 2 aromatic carbocycles. The van der Waals surface area contributed by atoms with E-state index in [9.17, 15) is 9.59 Å². The third-order valence-corrected chi connectivity index (χ3v) is 5.36. The van der Waals surface area contributed by atoms with Crippen LogP contribution in [0.4, 0.5) is 0 Å². The molecule has 4 nitrogen and oxygen atoms in total. The second kappa shape index (κ2) is 9.56. The molecule has 0 atom stereocenters. The lowest BCUT2D eigenvalue weighted by atomic mass is 10.0. The van der Waals surface area contributed by atoms with Crippen LogP contribution in [0.2, 0.25) is 5.02 Å². The van der Waals surface area contributed by atoms with Crippen molar-refractivity contribution in [3.05, 3.63) is 70.7 Å². The third-order valence-electron chi connectivity index (χ3n) is 5.00. The molecule has 142 valence electrons. The van der Waals surface area contributed by atoms with E-state index in [-0.39, 0.29) is 17.9 Å². The van der Waals surface area contributed by atoms with E-state index < -0.39 is 0 Å². The van der Waals surface area contributed by atoms with Crippen LogP contribution in [-0.2, 0) is 22.4 Å². The number of likely N-dealkylation sites (tertiary alicyclic amines) is 1. The standard InChI is InChI=1S/C22H25ClN2O2/c23-20-9-5-4-8-18(20)16-22(27)25-14-12-19(13-15-25)24-21(26)11-10-17-6-2-1-3-7-17/h1-9,19H,10-16H2,(H,24,26). The minimum atomic E-state index is 0.0831. The molecule has 1 fully saturated rings. The van der Waals surface area contributed by atoms with E-state index >= 15 is 0 Å². The Morgan fingerprint density at radius 3 is 2.37 bits per heavy atom. The molecule has 1 aliphatic heterocycles. The fraction of sp³-hybridized carbons (Fsp3) is 0.364. The van der Waals surface area contributed by atoms with Crippen LogP contribution in [0.1, 0.15) is 30.4 Å². The Hall–Kier alpha value is -2.33. The van der Waals surface area contributed by atoms with Gasteiger partial charge in [-0.15, -0.1) is 0 Å². The van der Waals surface area contributed by atoms with Gasteiger partial charge in [0.25, 0.3) is 0 Å². The van der Waals surface area contributed by atoms with E-state index in [0.717, 1.165) is 24.8 Å². The number of aryl methyl sites for hydroxylation is 1. The highest BCUT2D eigenvalue weighted by atomic mass is 35.5. The summed E-state index contributed by atoms with van der Waals surface area (Å²) in [5, 5.41) is 3.74. The zero-order valence-corrected chi connectivity index (χ0v) is 16.1. The number of hydrogen-bond acceptors (Lipinski definition) is 2. The molecule has 3 rings (SSSR count). The van der Waals surface area contributed by atoms with Crippen molar-refractivity contribution in [2.24, 2.45) is 0 Å². The Bertz CT molecular complexity index is 771. The van der Waals surface area contributed by atoms with Gasteiger partial charge in [0.1, 0.15) is 0 Å². The van der Waals surface area contributed by atoms with E-state index in [2.05, 4.69) is 5.32 Å². The van der Waals surface area contributed by atoms with Crippen molar-refractivity contribution in [1.82, 2.24) is 10.2 Å².